The first kappa shape index (κ1) is 19.7. The quantitative estimate of drug-likeness (QED) is 0.868. The van der Waals surface area contributed by atoms with Crippen LogP contribution in [0.1, 0.15) is 30.1 Å². The molecule has 0 bridgehead atoms. The average molecular weight is 396 g/mol. The van der Waals surface area contributed by atoms with Gasteiger partial charge >= 0.3 is 0 Å². The van der Waals surface area contributed by atoms with Crippen LogP contribution in [0, 0.1) is 5.92 Å². The summed E-state index contributed by atoms with van der Waals surface area (Å²) in [4.78, 5) is 30.3. The summed E-state index contributed by atoms with van der Waals surface area (Å²) in [6, 6.07) is 11.7. The Labute approximate surface area is 171 Å². The van der Waals surface area contributed by atoms with Gasteiger partial charge in [-0.25, -0.2) is 0 Å². The zero-order valence-electron chi connectivity index (χ0n) is 17.2. The van der Waals surface area contributed by atoms with Crippen molar-refractivity contribution in [3.05, 3.63) is 42.0 Å². The van der Waals surface area contributed by atoms with E-state index in [1.807, 2.05) is 46.2 Å². The molecule has 6 nitrogen and oxygen atoms in total. The molecule has 2 aliphatic rings. The molecule has 0 radical (unpaired) electrons. The van der Waals surface area contributed by atoms with Crippen molar-refractivity contribution in [2.45, 2.75) is 25.8 Å². The molecular weight excluding hydrogens is 366 g/mol. The highest BCUT2D eigenvalue weighted by molar-refractivity contribution is 6.08. The Morgan fingerprint density at radius 3 is 2.66 bits per heavy atom. The topological polar surface area (TPSA) is 61.9 Å². The maximum atomic E-state index is 13.4. The van der Waals surface area contributed by atoms with Crippen LogP contribution in [0.25, 0.3) is 10.8 Å². The van der Waals surface area contributed by atoms with Crippen LogP contribution in [0.2, 0.25) is 0 Å². The molecule has 0 aromatic heterocycles. The molecule has 2 amide bonds. The number of hydrogen-bond donors (Lipinski definition) is 1. The van der Waals surface area contributed by atoms with Crippen molar-refractivity contribution in [3.63, 3.8) is 0 Å². The summed E-state index contributed by atoms with van der Waals surface area (Å²) < 4.78 is 5.45. The lowest BCUT2D eigenvalue weighted by molar-refractivity contribution is -0.139. The lowest BCUT2D eigenvalue weighted by Gasteiger charge is -2.39. The van der Waals surface area contributed by atoms with Gasteiger partial charge in [-0.1, -0.05) is 24.3 Å². The molecule has 2 aromatic carbocycles. The van der Waals surface area contributed by atoms with Crippen molar-refractivity contribution < 1.29 is 14.3 Å². The second-order valence-electron chi connectivity index (χ2n) is 8.04. The Kier molecular flexibility index (Phi) is 5.72. The molecule has 2 aromatic rings. The Hall–Kier alpha value is -2.60. The predicted molar refractivity (Wildman–Crippen MR) is 113 cm³/mol. The van der Waals surface area contributed by atoms with Crippen molar-refractivity contribution >= 4 is 22.6 Å². The van der Waals surface area contributed by atoms with Gasteiger partial charge in [0.25, 0.3) is 5.91 Å². The number of piperazine rings is 1. The van der Waals surface area contributed by atoms with Crippen LogP contribution < -0.4 is 10.1 Å². The number of ether oxygens (including phenoxy) is 1. The Balaban J connectivity index is 1.55. The minimum atomic E-state index is -0.113. The standard InChI is InChI=1S/C23H29N3O3/c1-16-14-24-11-13-26(16)22(27)17-6-5-12-25(15-17)23(28)20-9-10-21(29-2)19-8-4-3-7-18(19)20/h3-4,7-10,16-17,24H,5-6,11-15H2,1-2H3/t16-,17?/m0/s1. The maximum absolute atomic E-state index is 13.4. The third-order valence-corrected chi connectivity index (χ3v) is 6.18. The molecule has 2 fully saturated rings. The van der Waals surface area contributed by atoms with Gasteiger partial charge in [-0.3, -0.25) is 9.59 Å². The maximum Gasteiger partial charge on any atom is 0.254 e. The molecule has 2 heterocycles. The van der Waals surface area contributed by atoms with E-state index in [1.54, 1.807) is 7.11 Å². The molecule has 0 spiro atoms. The average Bonchev–Trinajstić information content (AvgIpc) is 2.78. The van der Waals surface area contributed by atoms with Crippen LogP contribution in [0.4, 0.5) is 0 Å². The van der Waals surface area contributed by atoms with Crippen molar-refractivity contribution in [2.75, 3.05) is 39.8 Å². The highest BCUT2D eigenvalue weighted by atomic mass is 16.5. The highest BCUT2D eigenvalue weighted by Crippen LogP contribution is 2.30. The molecule has 1 unspecified atom stereocenters. The van der Waals surface area contributed by atoms with Crippen molar-refractivity contribution in [2.24, 2.45) is 5.92 Å². The monoisotopic (exact) mass is 395 g/mol. The predicted octanol–water partition coefficient (Wildman–Crippen LogP) is 2.52. The number of fused-ring (bicyclic) bond motifs is 1. The number of nitrogens with one attached hydrogen (secondary N) is 1. The smallest absolute Gasteiger partial charge is 0.254 e. The molecule has 2 saturated heterocycles. The third-order valence-electron chi connectivity index (χ3n) is 6.18. The number of amides is 2. The molecule has 2 aliphatic heterocycles. The van der Waals surface area contributed by atoms with E-state index >= 15 is 0 Å². The fraction of sp³-hybridized carbons (Fsp3) is 0.478. The fourth-order valence-corrected chi connectivity index (χ4v) is 4.57. The molecule has 1 N–H and O–H groups in total. The lowest BCUT2D eigenvalue weighted by Crippen LogP contribution is -2.55. The van der Waals surface area contributed by atoms with Gasteiger partial charge in [-0.2, -0.15) is 0 Å². The first-order valence-electron chi connectivity index (χ1n) is 10.5. The minimum absolute atomic E-state index is 0.00490. The first-order valence-corrected chi connectivity index (χ1v) is 10.5. The zero-order valence-corrected chi connectivity index (χ0v) is 17.2. The molecule has 2 atom stereocenters. The van der Waals surface area contributed by atoms with Gasteiger partial charge in [0.2, 0.25) is 5.91 Å². The van der Waals surface area contributed by atoms with Gasteiger partial charge in [0.1, 0.15) is 5.75 Å². The van der Waals surface area contributed by atoms with E-state index in [0.717, 1.165) is 49.0 Å². The molecular formula is C23H29N3O3. The SMILES string of the molecule is COc1ccc(C(=O)N2CCCC(C(=O)N3CCNC[C@@H]3C)C2)c2ccccc12. The lowest BCUT2D eigenvalue weighted by atomic mass is 9.94. The molecule has 29 heavy (non-hydrogen) atoms. The second kappa shape index (κ2) is 8.41. The van der Waals surface area contributed by atoms with Crippen molar-refractivity contribution in [3.8, 4) is 5.75 Å². The highest BCUT2D eigenvalue weighted by Gasteiger charge is 2.34. The van der Waals surface area contributed by atoms with E-state index in [0.29, 0.717) is 18.7 Å². The van der Waals surface area contributed by atoms with Crippen LogP contribution >= 0.6 is 0 Å². The summed E-state index contributed by atoms with van der Waals surface area (Å²) >= 11 is 0. The van der Waals surface area contributed by atoms with Gasteiger partial charge in [0.15, 0.2) is 0 Å². The van der Waals surface area contributed by atoms with Crippen molar-refractivity contribution in [1.82, 2.24) is 15.1 Å². The molecule has 4 rings (SSSR count). The van der Waals surface area contributed by atoms with Gasteiger partial charge in [0.05, 0.1) is 13.0 Å². The molecule has 0 saturated carbocycles. The number of rotatable bonds is 3. The Morgan fingerprint density at radius 2 is 1.90 bits per heavy atom. The van der Waals surface area contributed by atoms with E-state index in [9.17, 15) is 9.59 Å². The number of carbonyl (C=O) groups excluding carboxylic acids is 2. The third kappa shape index (κ3) is 3.81. The fourth-order valence-electron chi connectivity index (χ4n) is 4.57. The minimum Gasteiger partial charge on any atom is -0.496 e. The summed E-state index contributed by atoms with van der Waals surface area (Å²) in [6.45, 7) is 5.68. The number of carbonyl (C=O) groups is 2. The molecule has 6 heteroatoms. The van der Waals surface area contributed by atoms with Crippen LogP contribution in [0.3, 0.4) is 0 Å². The summed E-state index contributed by atoms with van der Waals surface area (Å²) in [5, 5.41) is 5.15. The Bertz CT molecular complexity index is 913. The summed E-state index contributed by atoms with van der Waals surface area (Å²) in [5.74, 6) is 0.833. The summed E-state index contributed by atoms with van der Waals surface area (Å²) in [7, 11) is 1.64. The first-order chi connectivity index (χ1) is 14.1. The summed E-state index contributed by atoms with van der Waals surface area (Å²) in [6.07, 6.45) is 1.71. The molecule has 154 valence electrons. The number of likely N-dealkylation sites (tertiary alicyclic amines) is 1. The summed E-state index contributed by atoms with van der Waals surface area (Å²) in [5.41, 5.74) is 0.671. The zero-order chi connectivity index (χ0) is 20.4. The normalized spacial score (nSPS) is 22.6. The van der Waals surface area contributed by atoms with Crippen molar-refractivity contribution in [1.29, 1.82) is 0 Å². The van der Waals surface area contributed by atoms with Gasteiger partial charge in [-0.15, -0.1) is 0 Å². The van der Waals surface area contributed by atoms with Gasteiger partial charge < -0.3 is 19.9 Å². The van der Waals surface area contributed by atoms with E-state index in [-0.39, 0.29) is 23.8 Å². The van der Waals surface area contributed by atoms with E-state index in [4.69, 9.17) is 4.74 Å². The second-order valence-corrected chi connectivity index (χ2v) is 8.04. The largest absolute Gasteiger partial charge is 0.496 e. The number of hydrogen-bond acceptors (Lipinski definition) is 4. The van der Waals surface area contributed by atoms with Crippen LogP contribution in [-0.2, 0) is 4.79 Å². The van der Waals surface area contributed by atoms with E-state index in [1.165, 1.54) is 0 Å². The number of benzene rings is 2. The Morgan fingerprint density at radius 1 is 1.10 bits per heavy atom. The van der Waals surface area contributed by atoms with E-state index in [2.05, 4.69) is 12.2 Å². The van der Waals surface area contributed by atoms with Crippen LogP contribution in [-0.4, -0.2) is 67.5 Å². The number of piperidine rings is 1. The number of nitrogens with zero attached hydrogens (tertiary/aromatic N) is 2. The van der Waals surface area contributed by atoms with Gasteiger partial charge in [0, 0.05) is 49.7 Å². The number of methoxy groups -OCH3 is 1. The van der Waals surface area contributed by atoms with E-state index < -0.39 is 0 Å². The molecule has 0 aliphatic carbocycles. The van der Waals surface area contributed by atoms with Crippen LogP contribution in [0.5, 0.6) is 5.75 Å². The van der Waals surface area contributed by atoms with Crippen LogP contribution in [0.15, 0.2) is 36.4 Å². The van der Waals surface area contributed by atoms with Gasteiger partial charge in [-0.05, 0) is 37.3 Å².